The zero-order valence-electron chi connectivity index (χ0n) is 9.43. The van der Waals surface area contributed by atoms with E-state index in [0.717, 1.165) is 4.88 Å². The quantitative estimate of drug-likeness (QED) is 0.759. The fourth-order valence-corrected chi connectivity index (χ4v) is 2.21. The number of hydrogen-bond acceptors (Lipinski definition) is 5. The van der Waals surface area contributed by atoms with Gasteiger partial charge in [-0.2, -0.15) is 0 Å². The number of ether oxygens (including phenoxy) is 2. The van der Waals surface area contributed by atoms with E-state index in [2.05, 4.69) is 4.74 Å². The Morgan fingerprint density at radius 1 is 1.44 bits per heavy atom. The molecule has 5 heteroatoms. The molecular formula is C11H14O4S. The molecule has 0 aliphatic rings. The van der Waals surface area contributed by atoms with Crippen LogP contribution in [-0.2, 0) is 19.1 Å². The Morgan fingerprint density at radius 3 is 2.56 bits per heavy atom. The Kier molecular flexibility index (Phi) is 4.49. The highest BCUT2D eigenvalue weighted by atomic mass is 32.1. The van der Waals surface area contributed by atoms with Gasteiger partial charge in [-0.15, -0.1) is 11.3 Å². The van der Waals surface area contributed by atoms with E-state index < -0.39 is 18.0 Å². The Morgan fingerprint density at radius 2 is 2.12 bits per heavy atom. The number of methoxy groups -OCH3 is 1. The summed E-state index contributed by atoms with van der Waals surface area (Å²) in [4.78, 5) is 23.3. The fourth-order valence-electron chi connectivity index (χ4n) is 1.35. The van der Waals surface area contributed by atoms with Gasteiger partial charge in [0.15, 0.2) is 0 Å². The first-order chi connectivity index (χ1) is 7.56. The van der Waals surface area contributed by atoms with Crippen molar-refractivity contribution in [3.63, 3.8) is 0 Å². The normalized spacial score (nSPS) is 13.9. The maximum absolute atomic E-state index is 11.4. The predicted octanol–water partition coefficient (Wildman–Crippen LogP) is 2.16. The van der Waals surface area contributed by atoms with Crippen LogP contribution < -0.4 is 0 Å². The van der Waals surface area contributed by atoms with Gasteiger partial charge in [-0.05, 0) is 18.4 Å². The van der Waals surface area contributed by atoms with E-state index in [4.69, 9.17) is 4.74 Å². The number of thiophene rings is 1. The topological polar surface area (TPSA) is 52.6 Å². The Hall–Kier alpha value is -1.36. The molecule has 0 amide bonds. The molecule has 0 fully saturated rings. The van der Waals surface area contributed by atoms with Crippen molar-refractivity contribution in [1.82, 2.24) is 0 Å². The smallest absolute Gasteiger partial charge is 0.312 e. The van der Waals surface area contributed by atoms with Crippen LogP contribution >= 0.6 is 11.3 Å². The summed E-state index contributed by atoms with van der Waals surface area (Å²) in [6, 6.07) is 3.68. The highest BCUT2D eigenvalue weighted by Gasteiger charge is 2.29. The summed E-state index contributed by atoms with van der Waals surface area (Å²) in [5.74, 6) is -1.30. The molecule has 0 saturated carbocycles. The van der Waals surface area contributed by atoms with Crippen molar-refractivity contribution < 1.29 is 19.1 Å². The van der Waals surface area contributed by atoms with Crippen LogP contribution in [0.15, 0.2) is 17.5 Å². The molecule has 88 valence electrons. The molecule has 0 aromatic carbocycles. The molecule has 1 heterocycles. The average Bonchev–Trinajstić information content (AvgIpc) is 2.76. The molecule has 0 N–H and O–H groups in total. The van der Waals surface area contributed by atoms with E-state index in [1.54, 1.807) is 6.92 Å². The van der Waals surface area contributed by atoms with Gasteiger partial charge in [-0.25, -0.2) is 0 Å². The predicted molar refractivity (Wildman–Crippen MR) is 60.0 cm³/mol. The van der Waals surface area contributed by atoms with Crippen LogP contribution in [0.1, 0.15) is 24.8 Å². The molecule has 0 aliphatic heterocycles. The molecule has 2 atom stereocenters. The monoisotopic (exact) mass is 242 g/mol. The van der Waals surface area contributed by atoms with Crippen molar-refractivity contribution in [2.24, 2.45) is 5.92 Å². The third kappa shape index (κ3) is 3.06. The van der Waals surface area contributed by atoms with Gasteiger partial charge in [-0.3, -0.25) is 9.59 Å². The van der Waals surface area contributed by atoms with E-state index in [1.807, 2.05) is 17.5 Å². The van der Waals surface area contributed by atoms with Crippen molar-refractivity contribution in [2.45, 2.75) is 20.0 Å². The third-order valence-corrected chi connectivity index (χ3v) is 3.08. The van der Waals surface area contributed by atoms with Crippen LogP contribution in [0.2, 0.25) is 0 Å². The first kappa shape index (κ1) is 12.7. The second-order valence-corrected chi connectivity index (χ2v) is 4.34. The number of carbonyl (C=O) groups excluding carboxylic acids is 2. The molecule has 2 unspecified atom stereocenters. The Labute approximate surface area is 98.2 Å². The molecule has 0 spiro atoms. The summed E-state index contributed by atoms with van der Waals surface area (Å²) < 4.78 is 9.80. The molecular weight excluding hydrogens is 228 g/mol. The average molecular weight is 242 g/mol. The molecule has 1 aromatic heterocycles. The summed E-state index contributed by atoms with van der Waals surface area (Å²) in [6.45, 7) is 3.00. The standard InChI is InChI=1S/C11H14O4S/c1-7(11(13)14-3)10(15-8(2)12)9-5-4-6-16-9/h4-7,10H,1-3H3. The van der Waals surface area contributed by atoms with E-state index in [9.17, 15) is 9.59 Å². The maximum Gasteiger partial charge on any atom is 0.312 e. The van der Waals surface area contributed by atoms with Gasteiger partial charge < -0.3 is 9.47 Å². The molecule has 1 rings (SSSR count). The van der Waals surface area contributed by atoms with Crippen molar-refractivity contribution in [3.05, 3.63) is 22.4 Å². The summed E-state index contributed by atoms with van der Waals surface area (Å²) in [5.41, 5.74) is 0. The van der Waals surface area contributed by atoms with E-state index in [-0.39, 0.29) is 5.97 Å². The van der Waals surface area contributed by atoms with Gasteiger partial charge in [0.1, 0.15) is 6.10 Å². The van der Waals surface area contributed by atoms with Crippen molar-refractivity contribution in [3.8, 4) is 0 Å². The van der Waals surface area contributed by atoms with Crippen molar-refractivity contribution in [1.29, 1.82) is 0 Å². The summed E-state index contributed by atoms with van der Waals surface area (Å²) in [7, 11) is 1.32. The maximum atomic E-state index is 11.4. The number of carbonyl (C=O) groups is 2. The molecule has 0 radical (unpaired) electrons. The summed E-state index contributed by atoms with van der Waals surface area (Å²) in [5, 5.41) is 1.87. The molecule has 1 aromatic rings. The fraction of sp³-hybridized carbons (Fsp3) is 0.455. The van der Waals surface area contributed by atoms with E-state index >= 15 is 0 Å². The first-order valence-electron chi connectivity index (χ1n) is 4.84. The summed E-state index contributed by atoms with van der Waals surface area (Å²) in [6.07, 6.45) is -0.565. The van der Waals surface area contributed by atoms with Crippen LogP contribution in [-0.4, -0.2) is 19.0 Å². The SMILES string of the molecule is COC(=O)C(C)C(OC(C)=O)c1cccs1. The van der Waals surface area contributed by atoms with Crippen LogP contribution in [0.4, 0.5) is 0 Å². The molecule has 0 saturated heterocycles. The molecule has 16 heavy (non-hydrogen) atoms. The van der Waals surface area contributed by atoms with Gasteiger partial charge in [0.2, 0.25) is 0 Å². The minimum atomic E-state index is -0.565. The van der Waals surface area contributed by atoms with Crippen LogP contribution in [0.5, 0.6) is 0 Å². The second-order valence-electron chi connectivity index (χ2n) is 3.36. The van der Waals surface area contributed by atoms with Crippen molar-refractivity contribution >= 4 is 23.3 Å². The second kappa shape index (κ2) is 5.65. The largest absolute Gasteiger partial charge is 0.469 e. The van der Waals surface area contributed by atoms with Gasteiger partial charge >= 0.3 is 11.9 Å². The Bertz CT molecular complexity index is 358. The lowest BCUT2D eigenvalue weighted by molar-refractivity contribution is -0.158. The lowest BCUT2D eigenvalue weighted by atomic mass is 10.0. The lowest BCUT2D eigenvalue weighted by Crippen LogP contribution is -2.23. The molecule has 0 aliphatic carbocycles. The number of hydrogen-bond donors (Lipinski definition) is 0. The minimum absolute atomic E-state index is 0.389. The zero-order chi connectivity index (χ0) is 12.1. The number of rotatable bonds is 4. The zero-order valence-corrected chi connectivity index (χ0v) is 10.2. The van der Waals surface area contributed by atoms with Gasteiger partial charge in [0, 0.05) is 11.8 Å². The van der Waals surface area contributed by atoms with Crippen LogP contribution in [0.3, 0.4) is 0 Å². The third-order valence-electron chi connectivity index (χ3n) is 2.14. The first-order valence-corrected chi connectivity index (χ1v) is 5.72. The lowest BCUT2D eigenvalue weighted by Gasteiger charge is -2.20. The Balaban J connectivity index is 2.87. The number of esters is 2. The highest BCUT2D eigenvalue weighted by molar-refractivity contribution is 7.10. The van der Waals surface area contributed by atoms with Crippen LogP contribution in [0, 0.1) is 5.92 Å². The highest BCUT2D eigenvalue weighted by Crippen LogP contribution is 2.30. The van der Waals surface area contributed by atoms with E-state index in [0.29, 0.717) is 0 Å². The van der Waals surface area contributed by atoms with E-state index in [1.165, 1.54) is 25.4 Å². The van der Waals surface area contributed by atoms with Gasteiger partial charge in [-0.1, -0.05) is 6.07 Å². The molecule has 4 nitrogen and oxygen atoms in total. The molecule has 0 bridgehead atoms. The van der Waals surface area contributed by atoms with Crippen LogP contribution in [0.25, 0.3) is 0 Å². The van der Waals surface area contributed by atoms with Crippen molar-refractivity contribution in [2.75, 3.05) is 7.11 Å². The van der Waals surface area contributed by atoms with Gasteiger partial charge in [0.05, 0.1) is 13.0 Å². The minimum Gasteiger partial charge on any atom is -0.469 e. The summed E-state index contributed by atoms with van der Waals surface area (Å²) >= 11 is 1.44. The van der Waals surface area contributed by atoms with Gasteiger partial charge in [0.25, 0.3) is 0 Å².